The van der Waals surface area contributed by atoms with Gasteiger partial charge in [0, 0.05) is 31.4 Å². The summed E-state index contributed by atoms with van der Waals surface area (Å²) in [6, 6.07) is 4.60. The van der Waals surface area contributed by atoms with Crippen molar-refractivity contribution in [3.63, 3.8) is 0 Å². The second-order valence-electron chi connectivity index (χ2n) is 4.49. The topological polar surface area (TPSA) is 88.9 Å². The van der Waals surface area contributed by atoms with Crippen molar-refractivity contribution in [2.45, 2.75) is 24.8 Å². The summed E-state index contributed by atoms with van der Waals surface area (Å²) in [5.41, 5.74) is 0. The molecule has 0 aromatic carbocycles. The molecule has 8 heteroatoms. The summed E-state index contributed by atoms with van der Waals surface area (Å²) in [4.78, 5) is 4.14. The van der Waals surface area contributed by atoms with E-state index in [9.17, 15) is 8.42 Å². The zero-order valence-corrected chi connectivity index (χ0v) is 12.3. The molecule has 20 heavy (non-hydrogen) atoms. The van der Waals surface area contributed by atoms with E-state index in [1.54, 1.807) is 24.0 Å². The van der Waals surface area contributed by atoms with Crippen LogP contribution in [0.4, 0.5) is 11.6 Å². The maximum atomic E-state index is 12.3. The molecule has 0 fully saturated rings. The number of hydrogen-bond acceptors (Lipinski definition) is 5. The molecule has 0 spiro atoms. The van der Waals surface area contributed by atoms with Crippen LogP contribution in [0.2, 0.25) is 0 Å². The molecule has 2 N–H and O–H groups in total. The van der Waals surface area contributed by atoms with Crippen LogP contribution in [-0.4, -0.2) is 30.2 Å². The van der Waals surface area contributed by atoms with E-state index in [1.165, 1.54) is 18.3 Å². The lowest BCUT2D eigenvalue weighted by molar-refractivity contribution is 0.539. The molecule has 0 aliphatic heterocycles. The fourth-order valence-corrected chi connectivity index (χ4v) is 2.78. The Hall–Kier alpha value is -2.09. The highest BCUT2D eigenvalue weighted by atomic mass is 32.2. The van der Waals surface area contributed by atoms with Crippen molar-refractivity contribution in [2.75, 3.05) is 17.1 Å². The maximum absolute atomic E-state index is 12.3. The number of rotatable bonds is 5. The third-order valence-corrected chi connectivity index (χ3v) is 4.05. The van der Waals surface area contributed by atoms with Gasteiger partial charge in [-0.3, -0.25) is 4.72 Å². The van der Waals surface area contributed by atoms with Crippen LogP contribution >= 0.6 is 0 Å². The minimum atomic E-state index is -3.66. The SMILES string of the molecule is CNc1cc(S(=O)(=O)Nc2ccnn2C(C)C)ccn1. The fraction of sp³-hybridized carbons (Fsp3) is 0.333. The van der Waals surface area contributed by atoms with Crippen LogP contribution in [0.5, 0.6) is 0 Å². The Morgan fingerprint density at radius 3 is 2.65 bits per heavy atom. The van der Waals surface area contributed by atoms with E-state index in [0.29, 0.717) is 11.6 Å². The van der Waals surface area contributed by atoms with Gasteiger partial charge in [-0.05, 0) is 19.9 Å². The summed E-state index contributed by atoms with van der Waals surface area (Å²) in [6.45, 7) is 3.85. The molecule has 2 rings (SSSR count). The van der Waals surface area contributed by atoms with E-state index in [4.69, 9.17) is 0 Å². The van der Waals surface area contributed by atoms with Gasteiger partial charge in [-0.15, -0.1) is 0 Å². The molecule has 0 atom stereocenters. The molecular weight excluding hydrogens is 278 g/mol. The molecule has 0 unspecified atom stereocenters. The number of sulfonamides is 1. The molecule has 2 aromatic heterocycles. The Bertz CT molecular complexity index is 693. The highest BCUT2D eigenvalue weighted by Gasteiger charge is 2.17. The molecule has 0 aliphatic rings. The molecule has 7 nitrogen and oxygen atoms in total. The van der Waals surface area contributed by atoms with Gasteiger partial charge in [0.2, 0.25) is 0 Å². The lowest BCUT2D eigenvalue weighted by Gasteiger charge is -2.13. The van der Waals surface area contributed by atoms with Crippen LogP contribution in [0, 0.1) is 0 Å². The van der Waals surface area contributed by atoms with E-state index in [1.807, 2.05) is 13.8 Å². The molecular formula is C12H17N5O2S. The Kier molecular flexibility index (Phi) is 3.93. The molecule has 0 radical (unpaired) electrons. The molecule has 0 saturated carbocycles. The van der Waals surface area contributed by atoms with E-state index in [0.717, 1.165) is 0 Å². The molecule has 108 valence electrons. The predicted octanol–water partition coefficient (Wildman–Crippen LogP) is 1.70. The first-order valence-electron chi connectivity index (χ1n) is 6.14. The van der Waals surface area contributed by atoms with Gasteiger partial charge in [0.15, 0.2) is 0 Å². The van der Waals surface area contributed by atoms with Crippen molar-refractivity contribution in [2.24, 2.45) is 0 Å². The lowest BCUT2D eigenvalue weighted by Crippen LogP contribution is -2.17. The second-order valence-corrected chi connectivity index (χ2v) is 6.17. The third kappa shape index (κ3) is 2.90. The van der Waals surface area contributed by atoms with Crippen molar-refractivity contribution in [3.8, 4) is 0 Å². The Morgan fingerprint density at radius 1 is 1.25 bits per heavy atom. The van der Waals surface area contributed by atoms with Crippen LogP contribution in [-0.2, 0) is 10.0 Å². The van der Waals surface area contributed by atoms with Gasteiger partial charge < -0.3 is 5.32 Å². The van der Waals surface area contributed by atoms with Gasteiger partial charge in [-0.2, -0.15) is 5.10 Å². The minimum absolute atomic E-state index is 0.0630. The first-order chi connectivity index (χ1) is 9.44. The zero-order valence-electron chi connectivity index (χ0n) is 11.5. The molecule has 2 heterocycles. The summed E-state index contributed by atoms with van der Waals surface area (Å²) >= 11 is 0. The number of hydrogen-bond donors (Lipinski definition) is 2. The predicted molar refractivity (Wildman–Crippen MR) is 77.2 cm³/mol. The summed E-state index contributed by atoms with van der Waals surface area (Å²) in [5.74, 6) is 0.924. The normalized spacial score (nSPS) is 11.6. The smallest absolute Gasteiger partial charge is 0.263 e. The highest BCUT2D eigenvalue weighted by molar-refractivity contribution is 7.92. The Balaban J connectivity index is 2.33. The molecule has 0 bridgehead atoms. The zero-order chi connectivity index (χ0) is 14.8. The first-order valence-corrected chi connectivity index (χ1v) is 7.62. The van der Waals surface area contributed by atoms with Crippen molar-refractivity contribution < 1.29 is 8.42 Å². The maximum Gasteiger partial charge on any atom is 0.263 e. The van der Waals surface area contributed by atoms with Crippen LogP contribution in [0.3, 0.4) is 0 Å². The number of aromatic nitrogens is 3. The van der Waals surface area contributed by atoms with E-state index >= 15 is 0 Å². The lowest BCUT2D eigenvalue weighted by atomic mass is 10.4. The number of anilines is 2. The third-order valence-electron chi connectivity index (χ3n) is 2.70. The Morgan fingerprint density at radius 2 is 2.00 bits per heavy atom. The van der Waals surface area contributed by atoms with Crippen LogP contribution in [0.25, 0.3) is 0 Å². The average molecular weight is 295 g/mol. The van der Waals surface area contributed by atoms with Crippen LogP contribution in [0.1, 0.15) is 19.9 Å². The van der Waals surface area contributed by atoms with Gasteiger partial charge in [0.25, 0.3) is 10.0 Å². The monoisotopic (exact) mass is 295 g/mol. The molecule has 2 aromatic rings. The molecule has 0 amide bonds. The first kappa shape index (κ1) is 14.3. The quantitative estimate of drug-likeness (QED) is 0.876. The van der Waals surface area contributed by atoms with Crippen molar-refractivity contribution in [1.82, 2.24) is 14.8 Å². The van der Waals surface area contributed by atoms with Gasteiger partial charge in [-0.1, -0.05) is 0 Å². The van der Waals surface area contributed by atoms with Crippen molar-refractivity contribution in [1.29, 1.82) is 0 Å². The summed E-state index contributed by atoms with van der Waals surface area (Å²) in [5, 5.41) is 6.90. The highest BCUT2D eigenvalue weighted by Crippen LogP contribution is 2.19. The van der Waals surface area contributed by atoms with Crippen molar-refractivity contribution >= 4 is 21.7 Å². The standard InChI is InChI=1S/C12H17N5O2S/c1-9(2)17-12(5-7-15-17)16-20(18,19)10-4-6-14-11(8-10)13-3/h4-9,16H,1-3H3,(H,13,14). The van der Waals surface area contributed by atoms with Gasteiger partial charge in [0.1, 0.15) is 11.6 Å². The summed E-state index contributed by atoms with van der Waals surface area (Å²) in [6.07, 6.45) is 3.00. The largest absolute Gasteiger partial charge is 0.373 e. The fourth-order valence-electron chi connectivity index (χ4n) is 1.72. The van der Waals surface area contributed by atoms with Gasteiger partial charge in [-0.25, -0.2) is 18.1 Å². The second kappa shape index (κ2) is 5.49. The van der Waals surface area contributed by atoms with E-state index < -0.39 is 10.0 Å². The minimum Gasteiger partial charge on any atom is -0.373 e. The number of nitrogens with one attached hydrogen (secondary N) is 2. The van der Waals surface area contributed by atoms with Gasteiger partial charge in [0.05, 0.1) is 11.1 Å². The Labute approximate surface area is 118 Å². The summed E-state index contributed by atoms with van der Waals surface area (Å²) < 4.78 is 28.8. The number of pyridine rings is 1. The van der Waals surface area contributed by atoms with Crippen LogP contribution < -0.4 is 10.0 Å². The van der Waals surface area contributed by atoms with Gasteiger partial charge >= 0.3 is 0 Å². The van der Waals surface area contributed by atoms with Crippen molar-refractivity contribution in [3.05, 3.63) is 30.6 Å². The average Bonchev–Trinajstić information content (AvgIpc) is 2.86. The van der Waals surface area contributed by atoms with E-state index in [-0.39, 0.29) is 10.9 Å². The molecule has 0 aliphatic carbocycles. The summed E-state index contributed by atoms with van der Waals surface area (Å²) in [7, 11) is -1.98. The molecule has 0 saturated heterocycles. The number of nitrogens with zero attached hydrogens (tertiary/aromatic N) is 3. The van der Waals surface area contributed by atoms with Crippen LogP contribution in [0.15, 0.2) is 35.5 Å². The van der Waals surface area contributed by atoms with E-state index in [2.05, 4.69) is 20.1 Å².